The summed E-state index contributed by atoms with van der Waals surface area (Å²) in [4.78, 5) is 14.7. The van der Waals surface area contributed by atoms with E-state index >= 15 is 0 Å². The number of esters is 1. The molecule has 0 bridgehead atoms. The Hall–Kier alpha value is -2.28. The Bertz CT molecular complexity index is 950. The number of likely N-dealkylation sites (tertiary alicyclic amines) is 1. The van der Waals surface area contributed by atoms with Crippen LogP contribution in [-0.4, -0.2) is 48.8 Å². The zero-order valence-electron chi connectivity index (χ0n) is 19.2. The molecule has 0 saturated carbocycles. The van der Waals surface area contributed by atoms with Gasteiger partial charge in [0.05, 0.1) is 30.5 Å². The van der Waals surface area contributed by atoms with Crippen molar-refractivity contribution in [2.24, 2.45) is 0 Å². The highest BCUT2D eigenvalue weighted by molar-refractivity contribution is 6.31. The zero-order chi connectivity index (χ0) is 23.3. The number of aliphatic hydroxyl groups excluding tert-OH is 1. The average Bonchev–Trinajstić information content (AvgIpc) is 2.76. The predicted octanol–water partition coefficient (Wildman–Crippen LogP) is 4.31. The first-order chi connectivity index (χ1) is 15.3. The smallest absolute Gasteiger partial charge is 0.306 e. The van der Waals surface area contributed by atoms with E-state index in [4.69, 9.17) is 22.1 Å². The molecule has 0 aliphatic carbocycles. The lowest BCUT2D eigenvalue weighted by molar-refractivity contribution is -0.143. The Morgan fingerprint density at radius 3 is 2.84 bits per heavy atom. The standard InChI is InChI=1S/C25H34ClN3O3/c1-4-32-24(31)13-21(20-8-10-23(28-3)25(27)16(20)2)17-7-9-22(26)18(12-17)14-29-11-5-6-19(30)15-29/h7-10,12,19,21,28,30H,4-6,11,13-15,27H2,1-3H3. The van der Waals surface area contributed by atoms with E-state index in [1.807, 2.05) is 45.2 Å². The lowest BCUT2D eigenvalue weighted by atomic mass is 9.84. The second-order valence-electron chi connectivity index (χ2n) is 8.43. The molecule has 1 aliphatic heterocycles. The molecule has 2 atom stereocenters. The summed E-state index contributed by atoms with van der Waals surface area (Å²) >= 11 is 6.55. The fourth-order valence-electron chi connectivity index (χ4n) is 4.48. The van der Waals surface area contributed by atoms with Crippen LogP contribution in [0.2, 0.25) is 5.02 Å². The summed E-state index contributed by atoms with van der Waals surface area (Å²) in [5.74, 6) is -0.450. The molecular weight excluding hydrogens is 426 g/mol. The van der Waals surface area contributed by atoms with Gasteiger partial charge in [-0.15, -0.1) is 0 Å². The minimum absolute atomic E-state index is 0.204. The first kappa shape index (κ1) is 24.4. The van der Waals surface area contributed by atoms with E-state index in [-0.39, 0.29) is 24.4 Å². The molecule has 0 aromatic heterocycles. The van der Waals surface area contributed by atoms with Crippen molar-refractivity contribution in [3.05, 3.63) is 57.6 Å². The highest BCUT2D eigenvalue weighted by Gasteiger charge is 2.24. The van der Waals surface area contributed by atoms with Gasteiger partial charge < -0.3 is 20.9 Å². The fourth-order valence-corrected chi connectivity index (χ4v) is 4.66. The zero-order valence-corrected chi connectivity index (χ0v) is 19.9. The molecule has 7 heteroatoms. The number of hydrogen-bond acceptors (Lipinski definition) is 6. The molecule has 2 aromatic carbocycles. The number of nitrogens with one attached hydrogen (secondary N) is 1. The molecule has 0 radical (unpaired) electrons. The largest absolute Gasteiger partial charge is 0.466 e. The van der Waals surface area contributed by atoms with Crippen LogP contribution < -0.4 is 11.1 Å². The summed E-state index contributed by atoms with van der Waals surface area (Å²) in [6, 6.07) is 9.92. The summed E-state index contributed by atoms with van der Waals surface area (Å²) in [5.41, 5.74) is 11.8. The van der Waals surface area contributed by atoms with Gasteiger partial charge in [-0.1, -0.05) is 29.8 Å². The van der Waals surface area contributed by atoms with Crippen LogP contribution in [0.3, 0.4) is 0 Å². The Balaban J connectivity index is 1.98. The molecule has 2 aromatic rings. The molecule has 1 heterocycles. The van der Waals surface area contributed by atoms with Crippen molar-refractivity contribution in [3.63, 3.8) is 0 Å². The Morgan fingerprint density at radius 1 is 1.38 bits per heavy atom. The molecule has 1 saturated heterocycles. The Labute approximate surface area is 195 Å². The van der Waals surface area contributed by atoms with Crippen LogP contribution in [-0.2, 0) is 16.1 Å². The number of aliphatic hydroxyl groups is 1. The molecule has 32 heavy (non-hydrogen) atoms. The predicted molar refractivity (Wildman–Crippen MR) is 130 cm³/mol. The van der Waals surface area contributed by atoms with Gasteiger partial charge >= 0.3 is 5.97 Å². The number of nitrogens with zero attached hydrogens (tertiary/aromatic N) is 1. The minimum Gasteiger partial charge on any atom is -0.466 e. The fraction of sp³-hybridized carbons (Fsp3) is 0.480. The molecule has 0 amide bonds. The van der Waals surface area contributed by atoms with Gasteiger partial charge in [0.25, 0.3) is 0 Å². The van der Waals surface area contributed by atoms with Crippen molar-refractivity contribution in [2.45, 2.75) is 51.7 Å². The topological polar surface area (TPSA) is 87.8 Å². The van der Waals surface area contributed by atoms with Gasteiger partial charge in [0.2, 0.25) is 0 Å². The summed E-state index contributed by atoms with van der Waals surface area (Å²) in [6.07, 6.45) is 1.74. The van der Waals surface area contributed by atoms with E-state index in [1.165, 1.54) is 0 Å². The maximum Gasteiger partial charge on any atom is 0.306 e. The van der Waals surface area contributed by atoms with Crippen LogP contribution in [0.25, 0.3) is 0 Å². The molecule has 4 N–H and O–H groups in total. The molecular formula is C25H34ClN3O3. The van der Waals surface area contributed by atoms with E-state index in [0.29, 0.717) is 30.4 Å². The molecule has 3 rings (SSSR count). The van der Waals surface area contributed by atoms with Crippen molar-refractivity contribution >= 4 is 28.9 Å². The first-order valence-corrected chi connectivity index (χ1v) is 11.6. The highest BCUT2D eigenvalue weighted by Crippen LogP contribution is 2.37. The number of benzene rings is 2. The lowest BCUT2D eigenvalue weighted by Crippen LogP contribution is -2.37. The number of hydrogen-bond donors (Lipinski definition) is 3. The van der Waals surface area contributed by atoms with Gasteiger partial charge in [-0.3, -0.25) is 9.69 Å². The quantitative estimate of drug-likeness (QED) is 0.402. The SMILES string of the molecule is CCOC(=O)CC(c1ccc(Cl)c(CN2CCCC(O)C2)c1)c1ccc(NC)c(N)c1C. The van der Waals surface area contributed by atoms with Gasteiger partial charge in [0.15, 0.2) is 0 Å². The number of anilines is 2. The van der Waals surface area contributed by atoms with E-state index in [0.717, 1.165) is 47.3 Å². The molecule has 174 valence electrons. The third-order valence-electron chi connectivity index (χ3n) is 6.22. The van der Waals surface area contributed by atoms with Crippen molar-refractivity contribution in [3.8, 4) is 0 Å². The molecule has 1 aliphatic rings. The maximum atomic E-state index is 12.5. The average molecular weight is 460 g/mol. The van der Waals surface area contributed by atoms with Crippen molar-refractivity contribution in [2.75, 3.05) is 37.8 Å². The second-order valence-corrected chi connectivity index (χ2v) is 8.84. The van der Waals surface area contributed by atoms with Crippen LogP contribution in [0.15, 0.2) is 30.3 Å². The number of β-amino-alcohol motifs (C(OH)–C–C–N with tert-alkyl or cyclic N) is 1. The number of halogens is 1. The van der Waals surface area contributed by atoms with Crippen LogP contribution in [0.1, 0.15) is 54.4 Å². The second kappa shape index (κ2) is 11.0. The van der Waals surface area contributed by atoms with Crippen LogP contribution in [0.5, 0.6) is 0 Å². The van der Waals surface area contributed by atoms with Crippen molar-refractivity contribution in [1.29, 1.82) is 0 Å². The molecule has 2 unspecified atom stereocenters. The third-order valence-corrected chi connectivity index (χ3v) is 6.59. The van der Waals surface area contributed by atoms with Gasteiger partial charge in [-0.2, -0.15) is 0 Å². The Morgan fingerprint density at radius 2 is 2.16 bits per heavy atom. The third kappa shape index (κ3) is 5.74. The lowest BCUT2D eigenvalue weighted by Gasteiger charge is -2.30. The highest BCUT2D eigenvalue weighted by atomic mass is 35.5. The van der Waals surface area contributed by atoms with Crippen molar-refractivity contribution < 1.29 is 14.6 Å². The monoisotopic (exact) mass is 459 g/mol. The minimum atomic E-state index is -0.293. The number of carbonyl (C=O) groups excluding carboxylic acids is 1. The van der Waals surface area contributed by atoms with Gasteiger partial charge in [-0.05, 0) is 67.6 Å². The normalized spacial score (nSPS) is 17.7. The van der Waals surface area contributed by atoms with Crippen LogP contribution in [0, 0.1) is 6.92 Å². The molecule has 6 nitrogen and oxygen atoms in total. The van der Waals surface area contributed by atoms with Gasteiger partial charge in [-0.25, -0.2) is 0 Å². The van der Waals surface area contributed by atoms with Gasteiger partial charge in [0.1, 0.15) is 0 Å². The summed E-state index contributed by atoms with van der Waals surface area (Å²) in [7, 11) is 1.84. The molecule has 1 fully saturated rings. The number of ether oxygens (including phenoxy) is 1. The van der Waals surface area contributed by atoms with E-state index in [9.17, 15) is 9.90 Å². The number of nitrogens with two attached hydrogens (primary N) is 1. The number of carbonyl (C=O) groups is 1. The van der Waals surface area contributed by atoms with Crippen LogP contribution >= 0.6 is 11.6 Å². The summed E-state index contributed by atoms with van der Waals surface area (Å²) in [5, 5.41) is 13.8. The van der Waals surface area contributed by atoms with Crippen LogP contribution in [0.4, 0.5) is 11.4 Å². The number of nitrogen functional groups attached to an aromatic ring is 1. The van der Waals surface area contributed by atoms with E-state index in [2.05, 4.69) is 16.3 Å². The van der Waals surface area contributed by atoms with E-state index < -0.39 is 0 Å². The molecule has 0 spiro atoms. The Kier molecular flexibility index (Phi) is 8.40. The van der Waals surface area contributed by atoms with Crippen molar-refractivity contribution in [1.82, 2.24) is 4.90 Å². The number of rotatable bonds is 8. The summed E-state index contributed by atoms with van der Waals surface area (Å²) in [6.45, 7) is 6.38. The van der Waals surface area contributed by atoms with E-state index in [1.54, 1.807) is 0 Å². The maximum absolute atomic E-state index is 12.5. The summed E-state index contributed by atoms with van der Waals surface area (Å²) < 4.78 is 5.27. The van der Waals surface area contributed by atoms with Gasteiger partial charge in [0, 0.05) is 31.1 Å². The number of piperidine rings is 1. The first-order valence-electron chi connectivity index (χ1n) is 11.2.